The molecule has 1 amide bonds. The first-order valence-corrected chi connectivity index (χ1v) is 12.4. The largest absolute Gasteiger partial charge is 0.324 e. The summed E-state index contributed by atoms with van der Waals surface area (Å²) in [5.74, 6) is -1.27. The summed E-state index contributed by atoms with van der Waals surface area (Å²) >= 11 is 0. The third-order valence-electron chi connectivity index (χ3n) is 6.21. The molecule has 0 unspecified atom stereocenters. The fourth-order valence-corrected chi connectivity index (χ4v) is 4.42. The summed E-state index contributed by atoms with van der Waals surface area (Å²) in [6.45, 7) is 2.49. The van der Waals surface area contributed by atoms with E-state index >= 15 is 0 Å². The Morgan fingerprint density at radius 3 is 2.26 bits per heavy atom. The Hall–Kier alpha value is -4.69. The lowest BCUT2D eigenvalue weighted by Gasteiger charge is -2.19. The maximum atomic E-state index is 14.1. The van der Waals surface area contributed by atoms with Crippen LogP contribution in [0.5, 0.6) is 0 Å². The molecule has 0 aliphatic carbocycles. The first-order valence-electron chi connectivity index (χ1n) is 12.4. The zero-order chi connectivity index (χ0) is 27.5. The normalized spacial score (nSPS) is 11.1. The second-order valence-corrected chi connectivity index (χ2v) is 9.58. The predicted molar refractivity (Wildman–Crippen MR) is 151 cm³/mol. The van der Waals surface area contributed by atoms with Crippen molar-refractivity contribution in [2.75, 3.05) is 24.7 Å². The number of hydrogen-bond acceptors (Lipinski definition) is 5. The van der Waals surface area contributed by atoms with Crippen LogP contribution in [0.4, 0.5) is 26.1 Å². The van der Waals surface area contributed by atoms with Crippen molar-refractivity contribution >= 4 is 34.1 Å². The molecule has 0 aliphatic rings. The topological polar surface area (TPSA) is 70.2 Å². The van der Waals surface area contributed by atoms with E-state index in [1.165, 1.54) is 12.1 Å². The van der Waals surface area contributed by atoms with E-state index in [4.69, 9.17) is 0 Å². The van der Waals surface area contributed by atoms with E-state index in [0.717, 1.165) is 22.9 Å². The number of nitrogens with zero attached hydrogens (tertiary/aromatic N) is 3. The first-order chi connectivity index (χ1) is 18.8. The number of halogens is 2. The third kappa shape index (κ3) is 5.91. The number of hydrogen-bond donors (Lipinski definition) is 2. The maximum Gasteiger partial charge on any atom is 0.255 e. The summed E-state index contributed by atoms with van der Waals surface area (Å²) in [6.07, 6.45) is 0. The standard InChI is InChI=1S/C31H27F2N5O/c1-19-13-28(22(18-38(2)3)16-27(19)34-30(39)20-9-5-4-6-10-20)36-31-35-26-12-8-7-11-25(26)29(37-31)21-14-23(32)17-24(33)15-21/h4-17H,18H2,1-3H3,(H,34,39)(H,35,36,37). The monoisotopic (exact) mass is 523 g/mol. The molecule has 5 aromatic rings. The van der Waals surface area contributed by atoms with Crippen molar-refractivity contribution in [1.29, 1.82) is 0 Å². The number of rotatable bonds is 7. The Kier molecular flexibility index (Phi) is 7.29. The molecule has 0 atom stereocenters. The van der Waals surface area contributed by atoms with Crippen molar-refractivity contribution in [3.63, 3.8) is 0 Å². The summed E-state index contributed by atoms with van der Waals surface area (Å²) in [5.41, 5.74) is 5.14. The Bertz CT molecular complexity index is 1650. The number of amides is 1. The van der Waals surface area contributed by atoms with Crippen LogP contribution in [0.2, 0.25) is 0 Å². The minimum atomic E-state index is -0.681. The summed E-state index contributed by atoms with van der Waals surface area (Å²) in [5, 5.41) is 7.00. The summed E-state index contributed by atoms with van der Waals surface area (Å²) < 4.78 is 28.2. The van der Waals surface area contributed by atoms with Gasteiger partial charge in [-0.2, -0.15) is 0 Å². The van der Waals surface area contributed by atoms with Gasteiger partial charge in [0.15, 0.2) is 0 Å². The van der Waals surface area contributed by atoms with Gasteiger partial charge in [-0.15, -0.1) is 0 Å². The van der Waals surface area contributed by atoms with Crippen molar-refractivity contribution < 1.29 is 13.6 Å². The molecule has 1 aromatic heterocycles. The number of anilines is 3. The molecular formula is C31H27F2N5O. The number of nitrogens with one attached hydrogen (secondary N) is 2. The molecule has 0 aliphatic heterocycles. The Morgan fingerprint density at radius 2 is 1.54 bits per heavy atom. The van der Waals surface area contributed by atoms with E-state index < -0.39 is 11.6 Å². The number of carbonyl (C=O) groups is 1. The van der Waals surface area contributed by atoms with Gasteiger partial charge in [0.05, 0.1) is 11.2 Å². The number of benzene rings is 4. The van der Waals surface area contributed by atoms with Gasteiger partial charge in [0, 0.05) is 40.5 Å². The Morgan fingerprint density at radius 1 is 0.846 bits per heavy atom. The lowest BCUT2D eigenvalue weighted by atomic mass is 10.1. The molecule has 0 bridgehead atoms. The lowest BCUT2D eigenvalue weighted by molar-refractivity contribution is 0.102. The molecule has 196 valence electrons. The van der Waals surface area contributed by atoms with Crippen LogP contribution in [0.3, 0.4) is 0 Å². The smallest absolute Gasteiger partial charge is 0.255 e. The molecular weight excluding hydrogens is 496 g/mol. The molecule has 0 radical (unpaired) electrons. The van der Waals surface area contributed by atoms with Crippen molar-refractivity contribution in [1.82, 2.24) is 14.9 Å². The number of para-hydroxylation sites is 1. The van der Waals surface area contributed by atoms with Gasteiger partial charge >= 0.3 is 0 Å². The first kappa shape index (κ1) is 25.9. The molecule has 5 rings (SSSR count). The van der Waals surface area contributed by atoms with Crippen LogP contribution in [0.15, 0.2) is 84.9 Å². The molecule has 8 heteroatoms. The minimum Gasteiger partial charge on any atom is -0.324 e. The average Bonchev–Trinajstić information content (AvgIpc) is 2.90. The van der Waals surface area contributed by atoms with Crippen LogP contribution < -0.4 is 10.6 Å². The second kappa shape index (κ2) is 11.0. The molecule has 39 heavy (non-hydrogen) atoms. The number of aromatic nitrogens is 2. The molecule has 0 saturated heterocycles. The van der Waals surface area contributed by atoms with Gasteiger partial charge in [-0.05, 0) is 74.6 Å². The van der Waals surface area contributed by atoms with Gasteiger partial charge in [0.2, 0.25) is 5.95 Å². The SMILES string of the molecule is Cc1cc(Nc2nc(-c3cc(F)cc(F)c3)c3ccccc3n2)c(CN(C)C)cc1NC(=O)c1ccccc1. The maximum absolute atomic E-state index is 14.1. The van der Waals surface area contributed by atoms with Gasteiger partial charge < -0.3 is 15.5 Å². The summed E-state index contributed by atoms with van der Waals surface area (Å²) in [4.78, 5) is 24.2. The Labute approximate surface area is 225 Å². The Balaban J connectivity index is 1.55. The predicted octanol–water partition coefficient (Wildman–Crippen LogP) is 6.94. The van der Waals surface area contributed by atoms with Crippen LogP contribution in [-0.2, 0) is 6.54 Å². The molecule has 4 aromatic carbocycles. The third-order valence-corrected chi connectivity index (χ3v) is 6.21. The van der Waals surface area contributed by atoms with E-state index in [-0.39, 0.29) is 11.9 Å². The highest BCUT2D eigenvalue weighted by molar-refractivity contribution is 6.04. The van der Waals surface area contributed by atoms with Crippen LogP contribution in [-0.4, -0.2) is 34.9 Å². The highest BCUT2D eigenvalue weighted by Gasteiger charge is 2.16. The van der Waals surface area contributed by atoms with Gasteiger partial charge in [-0.1, -0.05) is 36.4 Å². The van der Waals surface area contributed by atoms with Gasteiger partial charge in [0.25, 0.3) is 5.91 Å². The van der Waals surface area contributed by atoms with Crippen molar-refractivity contribution in [3.8, 4) is 11.3 Å². The van der Waals surface area contributed by atoms with Crippen LogP contribution in [0.1, 0.15) is 21.5 Å². The molecule has 1 heterocycles. The van der Waals surface area contributed by atoms with Crippen molar-refractivity contribution in [2.45, 2.75) is 13.5 Å². The second-order valence-electron chi connectivity index (χ2n) is 9.58. The fraction of sp³-hybridized carbons (Fsp3) is 0.129. The summed E-state index contributed by atoms with van der Waals surface area (Å²) in [6, 6.07) is 23.6. The number of fused-ring (bicyclic) bond motifs is 1. The van der Waals surface area contributed by atoms with E-state index in [1.54, 1.807) is 12.1 Å². The number of carbonyl (C=O) groups excluding carboxylic acids is 1. The molecule has 2 N–H and O–H groups in total. The van der Waals surface area contributed by atoms with Crippen LogP contribution in [0.25, 0.3) is 22.2 Å². The van der Waals surface area contributed by atoms with E-state index in [1.807, 2.05) is 80.5 Å². The van der Waals surface area contributed by atoms with E-state index in [2.05, 4.69) is 20.6 Å². The summed E-state index contributed by atoms with van der Waals surface area (Å²) in [7, 11) is 3.91. The molecule has 0 spiro atoms. The highest BCUT2D eigenvalue weighted by atomic mass is 19.1. The van der Waals surface area contributed by atoms with Crippen molar-refractivity contribution in [3.05, 3.63) is 113 Å². The zero-order valence-corrected chi connectivity index (χ0v) is 21.8. The number of aryl methyl sites for hydroxylation is 1. The molecule has 0 fully saturated rings. The van der Waals surface area contributed by atoms with Gasteiger partial charge in [-0.25, -0.2) is 18.7 Å². The van der Waals surface area contributed by atoms with Crippen molar-refractivity contribution in [2.24, 2.45) is 0 Å². The van der Waals surface area contributed by atoms with Gasteiger partial charge in [0.1, 0.15) is 11.6 Å². The molecule has 6 nitrogen and oxygen atoms in total. The van der Waals surface area contributed by atoms with E-state index in [9.17, 15) is 13.6 Å². The highest BCUT2D eigenvalue weighted by Crippen LogP contribution is 2.32. The van der Waals surface area contributed by atoms with Crippen LogP contribution >= 0.6 is 0 Å². The fourth-order valence-electron chi connectivity index (χ4n) is 4.42. The zero-order valence-electron chi connectivity index (χ0n) is 21.8. The van der Waals surface area contributed by atoms with Crippen LogP contribution in [0, 0.1) is 18.6 Å². The molecule has 0 saturated carbocycles. The van der Waals surface area contributed by atoms with E-state index in [0.29, 0.717) is 40.0 Å². The quantitative estimate of drug-likeness (QED) is 0.242. The average molecular weight is 524 g/mol. The minimum absolute atomic E-state index is 0.194. The lowest BCUT2D eigenvalue weighted by Crippen LogP contribution is -2.16. The van der Waals surface area contributed by atoms with Gasteiger partial charge in [-0.3, -0.25) is 4.79 Å².